The van der Waals surface area contributed by atoms with E-state index < -0.39 is 11.9 Å². The molecule has 0 amide bonds. The molecule has 0 bridgehead atoms. The number of carbonyl (C=O) groups is 2. The third-order valence-corrected chi connectivity index (χ3v) is 9.55. The minimum atomic E-state index is -0.977. The number of allylic oxidation sites excluding steroid dienone is 11. The van der Waals surface area contributed by atoms with E-state index in [1.54, 1.807) is 36.0 Å². The lowest BCUT2D eigenvalue weighted by atomic mass is 10.0. The fourth-order valence-electron chi connectivity index (χ4n) is 5.10. The van der Waals surface area contributed by atoms with Gasteiger partial charge < -0.3 is 10.2 Å². The number of hydrogen-bond donors (Lipinski definition) is 2. The van der Waals surface area contributed by atoms with Crippen molar-refractivity contribution in [3.05, 3.63) is 134 Å². The Bertz CT molecular complexity index is 1580. The largest absolute Gasteiger partial charge is 0.478 e. The van der Waals surface area contributed by atoms with Crippen LogP contribution < -0.4 is 0 Å². The van der Waals surface area contributed by atoms with Crippen molar-refractivity contribution >= 4 is 35.3 Å². The SMILES string of the molecule is CC(C)=CCC/C(C)=C/CC/C(C)=C/CCc1ccc(Cl)c(C(=O)O)c1.CC(C)=CCC/C(C)=C/CC/C(C)=C/CSc1ccccc1C(=O)O. The summed E-state index contributed by atoms with van der Waals surface area (Å²) in [6.45, 7) is 17.3. The van der Waals surface area contributed by atoms with Crippen LogP contribution >= 0.6 is 23.4 Å². The number of benzene rings is 2. The Balaban J connectivity index is 0.000000510. The normalized spacial score (nSPS) is 12.2. The highest BCUT2D eigenvalue weighted by Gasteiger charge is 2.09. The van der Waals surface area contributed by atoms with E-state index in [1.165, 1.54) is 33.4 Å². The molecule has 0 aliphatic rings. The number of aromatic carboxylic acids is 2. The summed E-state index contributed by atoms with van der Waals surface area (Å²) in [6, 6.07) is 12.4. The van der Waals surface area contributed by atoms with Gasteiger partial charge in [-0.25, -0.2) is 9.59 Å². The zero-order chi connectivity index (χ0) is 38.2. The maximum atomic E-state index is 11.2. The van der Waals surface area contributed by atoms with Crippen LogP contribution in [0.2, 0.25) is 5.02 Å². The van der Waals surface area contributed by atoms with Gasteiger partial charge in [0.2, 0.25) is 0 Å². The maximum Gasteiger partial charge on any atom is 0.337 e. The van der Waals surface area contributed by atoms with Gasteiger partial charge in [0.25, 0.3) is 0 Å². The first-order valence-electron chi connectivity index (χ1n) is 18.1. The Labute approximate surface area is 318 Å². The summed E-state index contributed by atoms with van der Waals surface area (Å²) >= 11 is 7.48. The van der Waals surface area contributed by atoms with E-state index in [-0.39, 0.29) is 5.56 Å². The third kappa shape index (κ3) is 22.1. The predicted octanol–water partition coefficient (Wildman–Crippen LogP) is 14.3. The van der Waals surface area contributed by atoms with Crippen LogP contribution in [-0.2, 0) is 6.42 Å². The second-order valence-corrected chi connectivity index (χ2v) is 15.2. The molecular weight excluding hydrogens is 672 g/mol. The lowest BCUT2D eigenvalue weighted by Gasteiger charge is -2.04. The molecule has 0 saturated heterocycles. The summed E-state index contributed by atoms with van der Waals surface area (Å²) in [4.78, 5) is 23.1. The van der Waals surface area contributed by atoms with Crippen molar-refractivity contribution in [3.8, 4) is 0 Å². The van der Waals surface area contributed by atoms with Crippen molar-refractivity contribution in [2.75, 3.05) is 5.75 Å². The summed E-state index contributed by atoms with van der Waals surface area (Å²) in [6.07, 6.45) is 24.2. The van der Waals surface area contributed by atoms with Gasteiger partial charge in [0.1, 0.15) is 0 Å². The minimum Gasteiger partial charge on any atom is -0.478 e. The van der Waals surface area contributed by atoms with E-state index in [0.717, 1.165) is 80.4 Å². The van der Waals surface area contributed by atoms with Gasteiger partial charge in [0.05, 0.1) is 16.1 Å². The molecule has 0 aromatic heterocycles. The van der Waals surface area contributed by atoms with E-state index >= 15 is 0 Å². The van der Waals surface area contributed by atoms with E-state index in [1.807, 2.05) is 18.2 Å². The number of aryl methyl sites for hydroxylation is 1. The molecule has 4 nitrogen and oxygen atoms in total. The fourth-order valence-corrected chi connectivity index (χ4v) is 6.33. The zero-order valence-electron chi connectivity index (χ0n) is 32.3. The van der Waals surface area contributed by atoms with Gasteiger partial charge in [0.15, 0.2) is 0 Å². The van der Waals surface area contributed by atoms with Crippen molar-refractivity contribution in [3.63, 3.8) is 0 Å². The Morgan fingerprint density at radius 3 is 1.53 bits per heavy atom. The van der Waals surface area contributed by atoms with Crippen LogP contribution in [0.5, 0.6) is 0 Å². The third-order valence-electron chi connectivity index (χ3n) is 8.22. The predicted molar refractivity (Wildman–Crippen MR) is 222 cm³/mol. The number of halogens is 1. The number of carboxylic acid groups (broad SMARTS) is 2. The van der Waals surface area contributed by atoms with E-state index in [2.05, 4.69) is 91.8 Å². The highest BCUT2D eigenvalue weighted by atomic mass is 35.5. The van der Waals surface area contributed by atoms with Crippen molar-refractivity contribution in [1.82, 2.24) is 0 Å². The molecule has 2 N–H and O–H groups in total. The standard InChI is InChI=1S/C23H31ClO2.C22H30O2S/c1-17(2)8-5-9-18(3)10-6-11-19(4)12-7-13-20-14-15-22(24)21(16-20)23(25)26;1-17(2)9-7-10-18(3)11-8-12-19(4)15-16-25-21-14-6-5-13-20(21)22(23)24/h8,10,12,14-16H,5-7,9,11,13H2,1-4H3,(H,25,26);5-6,9,11,13-15H,7-8,10,12,16H2,1-4H3,(H,23,24)/b18-10+,19-12+;18-11+,19-15+. The summed E-state index contributed by atoms with van der Waals surface area (Å²) in [5.74, 6) is -1.04. The van der Waals surface area contributed by atoms with Gasteiger partial charge in [-0.2, -0.15) is 0 Å². The molecule has 0 fully saturated rings. The second-order valence-electron chi connectivity index (χ2n) is 13.7. The molecule has 0 aliphatic heterocycles. The first-order valence-corrected chi connectivity index (χ1v) is 19.4. The van der Waals surface area contributed by atoms with Crippen LogP contribution in [0.3, 0.4) is 0 Å². The first kappa shape index (κ1) is 45.5. The van der Waals surface area contributed by atoms with Crippen molar-refractivity contribution in [1.29, 1.82) is 0 Å². The fraction of sp³-hybridized carbons (Fsp3) is 0.422. The van der Waals surface area contributed by atoms with Gasteiger partial charge in [-0.1, -0.05) is 99.7 Å². The summed E-state index contributed by atoms with van der Waals surface area (Å²) in [7, 11) is 0. The molecule has 0 unspecified atom stereocenters. The van der Waals surface area contributed by atoms with Crippen molar-refractivity contribution in [2.24, 2.45) is 0 Å². The molecule has 0 heterocycles. The molecule has 0 aliphatic carbocycles. The Hall–Kier alpha value is -3.54. The summed E-state index contributed by atoms with van der Waals surface area (Å²) in [5, 5.41) is 18.6. The zero-order valence-corrected chi connectivity index (χ0v) is 33.9. The van der Waals surface area contributed by atoms with Gasteiger partial charge >= 0.3 is 11.9 Å². The summed E-state index contributed by atoms with van der Waals surface area (Å²) < 4.78 is 0. The quantitative estimate of drug-likeness (QED) is 0.105. The van der Waals surface area contributed by atoms with E-state index in [4.69, 9.17) is 16.7 Å². The molecule has 0 spiro atoms. The van der Waals surface area contributed by atoms with Crippen LogP contribution in [0.4, 0.5) is 0 Å². The molecule has 2 aromatic carbocycles. The number of carboxylic acids is 2. The topological polar surface area (TPSA) is 74.6 Å². The van der Waals surface area contributed by atoms with Crippen molar-refractivity contribution < 1.29 is 19.8 Å². The van der Waals surface area contributed by atoms with Gasteiger partial charge in [0, 0.05) is 10.6 Å². The molecule has 0 radical (unpaired) electrons. The molecular formula is C45H61ClO4S. The van der Waals surface area contributed by atoms with Crippen LogP contribution in [0.25, 0.3) is 0 Å². The van der Waals surface area contributed by atoms with Crippen LogP contribution in [0, 0.1) is 0 Å². The lowest BCUT2D eigenvalue weighted by Crippen LogP contribution is -1.99. The Morgan fingerprint density at radius 1 is 0.588 bits per heavy atom. The molecule has 278 valence electrons. The molecule has 0 saturated carbocycles. The summed E-state index contributed by atoms with van der Waals surface area (Å²) in [5.41, 5.74) is 9.98. The van der Waals surface area contributed by atoms with Crippen LogP contribution in [-0.4, -0.2) is 27.9 Å². The number of thioether (sulfide) groups is 1. The first-order chi connectivity index (χ1) is 24.2. The molecule has 6 heteroatoms. The lowest BCUT2D eigenvalue weighted by molar-refractivity contribution is 0.0684. The number of hydrogen-bond acceptors (Lipinski definition) is 3. The van der Waals surface area contributed by atoms with E-state index in [9.17, 15) is 14.7 Å². The molecule has 2 aromatic rings. The average Bonchev–Trinajstić information content (AvgIpc) is 3.05. The minimum absolute atomic E-state index is 0.179. The van der Waals surface area contributed by atoms with E-state index in [0.29, 0.717) is 10.6 Å². The molecule has 2 rings (SSSR count). The van der Waals surface area contributed by atoms with Gasteiger partial charge in [-0.3, -0.25) is 0 Å². The van der Waals surface area contributed by atoms with Gasteiger partial charge in [-0.05, 0) is 149 Å². The maximum absolute atomic E-state index is 11.2. The Kier molecular flexibility index (Phi) is 23.4. The molecule has 0 atom stereocenters. The Morgan fingerprint density at radius 2 is 1.04 bits per heavy atom. The highest BCUT2D eigenvalue weighted by molar-refractivity contribution is 7.99. The number of rotatable bonds is 20. The van der Waals surface area contributed by atoms with Crippen LogP contribution in [0.15, 0.2) is 117 Å². The van der Waals surface area contributed by atoms with Crippen molar-refractivity contribution in [2.45, 2.75) is 124 Å². The van der Waals surface area contributed by atoms with Crippen LogP contribution in [0.1, 0.15) is 139 Å². The molecule has 51 heavy (non-hydrogen) atoms. The average molecular weight is 733 g/mol. The second kappa shape index (κ2) is 26.3. The monoisotopic (exact) mass is 732 g/mol. The highest BCUT2D eigenvalue weighted by Crippen LogP contribution is 2.24. The smallest absolute Gasteiger partial charge is 0.337 e. The van der Waals surface area contributed by atoms with Gasteiger partial charge in [-0.15, -0.1) is 11.8 Å².